The number of methoxy groups -OCH3 is 1. The number of hydrogen-bond donors (Lipinski definition) is 1. The molecule has 1 rings (SSSR count). The highest BCUT2D eigenvalue weighted by Gasteiger charge is 2.26. The van der Waals surface area contributed by atoms with E-state index in [-0.39, 0.29) is 10.5 Å². The van der Waals surface area contributed by atoms with Crippen molar-refractivity contribution >= 4 is 17.1 Å². The van der Waals surface area contributed by atoms with Crippen molar-refractivity contribution in [2.45, 2.75) is 45.3 Å². The molecule has 0 radical (unpaired) electrons. The lowest BCUT2D eigenvalue weighted by Gasteiger charge is -2.18. The molecule has 0 saturated heterocycles. The third-order valence-electron chi connectivity index (χ3n) is 2.78. The monoisotopic (exact) mass is 297 g/mol. The quantitative estimate of drug-likeness (QED) is 0.670. The standard InChI is InChI=1S/C15H23NO3S/c1-11(16-20(18)15(2,3)4)6-7-12-8-9-13(17)14(10-12)19-5/h8-10,17H,6-7H2,1-5H3/b16-11+/t20-/m1/s1. The Bertz CT molecular complexity index is 480. The molecule has 0 spiro atoms. The molecule has 0 amide bonds. The van der Waals surface area contributed by atoms with Crippen LogP contribution in [0.4, 0.5) is 0 Å². The van der Waals surface area contributed by atoms with Gasteiger partial charge in [-0.1, -0.05) is 10.5 Å². The van der Waals surface area contributed by atoms with Gasteiger partial charge in [0.25, 0.3) is 0 Å². The Labute approximate surface area is 124 Å². The molecule has 0 aliphatic heterocycles. The van der Waals surface area contributed by atoms with Gasteiger partial charge in [0.1, 0.15) is 16.1 Å². The minimum Gasteiger partial charge on any atom is -0.591 e. The van der Waals surface area contributed by atoms with Crippen molar-refractivity contribution in [3.05, 3.63) is 23.8 Å². The Hall–Kier alpha value is -1.20. The van der Waals surface area contributed by atoms with Gasteiger partial charge >= 0.3 is 0 Å². The van der Waals surface area contributed by atoms with Gasteiger partial charge in [0.2, 0.25) is 0 Å². The molecule has 1 aromatic rings. The maximum Gasteiger partial charge on any atom is 0.160 e. The molecule has 20 heavy (non-hydrogen) atoms. The summed E-state index contributed by atoms with van der Waals surface area (Å²) in [7, 11) is 1.53. The largest absolute Gasteiger partial charge is 0.591 e. The van der Waals surface area contributed by atoms with Gasteiger partial charge in [0, 0.05) is 0 Å². The van der Waals surface area contributed by atoms with Gasteiger partial charge in [-0.15, -0.1) is 0 Å². The lowest BCUT2D eigenvalue weighted by Crippen LogP contribution is -2.26. The van der Waals surface area contributed by atoms with Gasteiger partial charge < -0.3 is 14.4 Å². The number of hydrogen-bond acceptors (Lipinski definition) is 4. The van der Waals surface area contributed by atoms with E-state index in [1.165, 1.54) is 7.11 Å². The van der Waals surface area contributed by atoms with Crippen LogP contribution < -0.4 is 4.74 Å². The number of ether oxygens (including phenoxy) is 1. The Morgan fingerprint density at radius 1 is 1.40 bits per heavy atom. The summed E-state index contributed by atoms with van der Waals surface area (Å²) < 4.78 is 20.9. The number of phenols is 1. The average Bonchev–Trinajstić information content (AvgIpc) is 2.36. The molecule has 1 atom stereocenters. The SMILES string of the molecule is COc1cc(CC/C(C)=N/[S@+]([O-])C(C)(C)C)ccc1O. The van der Waals surface area contributed by atoms with Crippen molar-refractivity contribution in [3.63, 3.8) is 0 Å². The van der Waals surface area contributed by atoms with Crippen LogP contribution in [0.2, 0.25) is 0 Å². The summed E-state index contributed by atoms with van der Waals surface area (Å²) in [6.45, 7) is 7.61. The summed E-state index contributed by atoms with van der Waals surface area (Å²) in [6.07, 6.45) is 1.50. The molecule has 0 bridgehead atoms. The number of benzene rings is 1. The summed E-state index contributed by atoms with van der Waals surface area (Å²) in [5.74, 6) is 0.603. The molecule has 0 fully saturated rings. The molecular weight excluding hydrogens is 274 g/mol. The van der Waals surface area contributed by atoms with E-state index in [9.17, 15) is 9.66 Å². The number of nitrogens with zero attached hydrogens (tertiary/aromatic N) is 1. The second kappa shape index (κ2) is 6.99. The molecule has 1 aromatic carbocycles. The van der Waals surface area contributed by atoms with Gasteiger partial charge in [-0.05, 0) is 58.2 Å². The van der Waals surface area contributed by atoms with Crippen molar-refractivity contribution in [3.8, 4) is 11.5 Å². The van der Waals surface area contributed by atoms with Gasteiger partial charge in [-0.3, -0.25) is 0 Å². The molecule has 4 nitrogen and oxygen atoms in total. The lowest BCUT2D eigenvalue weighted by atomic mass is 10.1. The van der Waals surface area contributed by atoms with Crippen LogP contribution in [0.25, 0.3) is 0 Å². The zero-order valence-electron chi connectivity index (χ0n) is 12.8. The van der Waals surface area contributed by atoms with E-state index < -0.39 is 11.4 Å². The summed E-state index contributed by atoms with van der Waals surface area (Å²) in [6, 6.07) is 5.28. The molecule has 0 unspecified atom stereocenters. The number of aromatic hydroxyl groups is 1. The molecule has 0 aromatic heterocycles. The maximum absolute atomic E-state index is 11.9. The van der Waals surface area contributed by atoms with E-state index >= 15 is 0 Å². The Kier molecular flexibility index (Phi) is 5.89. The topological polar surface area (TPSA) is 64.9 Å². The second-order valence-electron chi connectivity index (χ2n) is 5.69. The summed E-state index contributed by atoms with van der Waals surface area (Å²) in [4.78, 5) is 0. The Morgan fingerprint density at radius 2 is 2.05 bits per heavy atom. The van der Waals surface area contributed by atoms with Gasteiger partial charge in [0.05, 0.1) is 12.8 Å². The first-order chi connectivity index (χ1) is 9.24. The molecule has 0 heterocycles. The van der Waals surface area contributed by atoms with Crippen LogP contribution in [0.3, 0.4) is 0 Å². The van der Waals surface area contributed by atoms with Crippen molar-refractivity contribution in [2.75, 3.05) is 7.11 Å². The second-order valence-corrected chi connectivity index (χ2v) is 7.60. The van der Waals surface area contributed by atoms with Gasteiger partial charge in [-0.25, -0.2) is 0 Å². The van der Waals surface area contributed by atoms with Crippen LogP contribution in [0, 0.1) is 0 Å². The smallest absolute Gasteiger partial charge is 0.160 e. The zero-order chi connectivity index (χ0) is 15.3. The van der Waals surface area contributed by atoms with Gasteiger partial charge in [0.15, 0.2) is 11.5 Å². The normalized spacial score (nSPS) is 14.2. The van der Waals surface area contributed by atoms with Gasteiger partial charge in [-0.2, -0.15) is 0 Å². The minimum absolute atomic E-state index is 0.135. The molecule has 0 saturated carbocycles. The first-order valence-electron chi connectivity index (χ1n) is 6.56. The Balaban J connectivity index is 2.65. The van der Waals surface area contributed by atoms with Crippen LogP contribution >= 0.6 is 0 Å². The third kappa shape index (κ3) is 5.06. The fourth-order valence-electron chi connectivity index (χ4n) is 1.53. The maximum atomic E-state index is 11.9. The summed E-state index contributed by atoms with van der Waals surface area (Å²) in [5, 5.41) is 9.53. The lowest BCUT2D eigenvalue weighted by molar-refractivity contribution is 0.373. The van der Waals surface area contributed by atoms with E-state index in [2.05, 4.69) is 4.40 Å². The highest BCUT2D eigenvalue weighted by molar-refractivity contribution is 7.91. The number of phenolic OH excluding ortho intramolecular Hbond substituents is 1. The fourth-order valence-corrected chi connectivity index (χ4v) is 2.18. The first kappa shape index (κ1) is 16.9. The van der Waals surface area contributed by atoms with E-state index in [1.54, 1.807) is 6.07 Å². The van der Waals surface area contributed by atoms with Crippen LogP contribution in [0.1, 0.15) is 39.7 Å². The third-order valence-corrected chi connectivity index (χ3v) is 4.31. The summed E-state index contributed by atoms with van der Waals surface area (Å²) in [5.41, 5.74) is 1.92. The molecule has 0 aliphatic rings. The van der Waals surface area contributed by atoms with E-state index in [0.29, 0.717) is 5.75 Å². The first-order valence-corrected chi connectivity index (χ1v) is 7.66. The zero-order valence-corrected chi connectivity index (χ0v) is 13.6. The van der Waals surface area contributed by atoms with Crippen molar-refractivity contribution in [2.24, 2.45) is 4.40 Å². The number of aryl methyl sites for hydroxylation is 1. The van der Waals surface area contributed by atoms with Crippen molar-refractivity contribution in [1.29, 1.82) is 0 Å². The minimum atomic E-state index is -1.21. The Morgan fingerprint density at radius 3 is 2.60 bits per heavy atom. The van der Waals surface area contributed by atoms with Crippen LogP contribution in [0.15, 0.2) is 22.6 Å². The van der Waals surface area contributed by atoms with Crippen LogP contribution in [0.5, 0.6) is 11.5 Å². The highest BCUT2D eigenvalue weighted by atomic mass is 32.2. The predicted octanol–water partition coefficient (Wildman–Crippen LogP) is 3.26. The van der Waals surface area contributed by atoms with Crippen LogP contribution in [-0.4, -0.2) is 27.2 Å². The summed E-state index contributed by atoms with van der Waals surface area (Å²) >= 11 is -1.21. The number of rotatable bonds is 5. The van der Waals surface area contributed by atoms with Crippen molar-refractivity contribution < 1.29 is 14.4 Å². The average molecular weight is 297 g/mol. The molecule has 1 N–H and O–H groups in total. The molecular formula is C15H23NO3S. The highest BCUT2D eigenvalue weighted by Crippen LogP contribution is 2.26. The van der Waals surface area contributed by atoms with E-state index in [4.69, 9.17) is 4.74 Å². The van der Waals surface area contributed by atoms with Crippen molar-refractivity contribution in [1.82, 2.24) is 0 Å². The molecule has 0 aliphatic carbocycles. The molecule has 5 heteroatoms. The molecule has 112 valence electrons. The van der Waals surface area contributed by atoms with Crippen LogP contribution in [-0.2, 0) is 17.8 Å². The predicted molar refractivity (Wildman–Crippen MR) is 84.0 cm³/mol. The van der Waals surface area contributed by atoms with E-state index in [0.717, 1.165) is 24.1 Å². The van der Waals surface area contributed by atoms with E-state index in [1.807, 2.05) is 39.8 Å². The fraction of sp³-hybridized carbons (Fsp3) is 0.533.